The van der Waals surface area contributed by atoms with Gasteiger partial charge >= 0.3 is 0 Å². The fourth-order valence-electron chi connectivity index (χ4n) is 3.57. The number of aryl methyl sites for hydroxylation is 1. The highest BCUT2D eigenvalue weighted by Gasteiger charge is 2.27. The number of pyridine rings is 1. The van der Waals surface area contributed by atoms with E-state index in [-0.39, 0.29) is 5.75 Å². The van der Waals surface area contributed by atoms with E-state index < -0.39 is 10.0 Å². The number of hydrogen-bond donors (Lipinski definition) is 0. The van der Waals surface area contributed by atoms with E-state index in [1.54, 1.807) is 4.31 Å². The van der Waals surface area contributed by atoms with Gasteiger partial charge < -0.3 is 0 Å². The lowest BCUT2D eigenvalue weighted by atomic mass is 10.2. The van der Waals surface area contributed by atoms with Crippen molar-refractivity contribution in [3.8, 4) is 0 Å². The summed E-state index contributed by atoms with van der Waals surface area (Å²) in [6, 6.07) is 15.8. The summed E-state index contributed by atoms with van der Waals surface area (Å²) in [5.41, 5.74) is 4.02. The van der Waals surface area contributed by atoms with Crippen LogP contribution in [0.25, 0.3) is 5.52 Å². The number of sulfonamides is 1. The molecule has 3 aromatic rings. The fourth-order valence-corrected chi connectivity index (χ4v) is 5.07. The molecular weight excluding hydrogens is 360 g/mol. The summed E-state index contributed by atoms with van der Waals surface area (Å²) in [4.78, 5) is 2.26. The number of aromatic nitrogens is 2. The van der Waals surface area contributed by atoms with Crippen LogP contribution in [0.15, 0.2) is 54.7 Å². The van der Waals surface area contributed by atoms with E-state index in [0.717, 1.165) is 42.0 Å². The normalized spacial score (nSPS) is 16.8. The molecule has 142 valence electrons. The van der Waals surface area contributed by atoms with Crippen molar-refractivity contribution in [2.75, 3.05) is 26.2 Å². The minimum Gasteiger partial charge on any atom is -0.295 e. The zero-order chi connectivity index (χ0) is 18.9. The molecule has 6 nitrogen and oxygen atoms in total. The number of piperazine rings is 1. The van der Waals surface area contributed by atoms with Crippen LogP contribution >= 0.6 is 0 Å². The van der Waals surface area contributed by atoms with Gasteiger partial charge in [0.25, 0.3) is 0 Å². The molecule has 27 heavy (non-hydrogen) atoms. The van der Waals surface area contributed by atoms with Crippen LogP contribution in [0.5, 0.6) is 0 Å². The van der Waals surface area contributed by atoms with Crippen molar-refractivity contribution in [3.05, 3.63) is 71.5 Å². The first-order valence-corrected chi connectivity index (χ1v) is 10.8. The third kappa shape index (κ3) is 4.21. The van der Waals surface area contributed by atoms with Gasteiger partial charge in [0.2, 0.25) is 10.0 Å². The van der Waals surface area contributed by atoms with Gasteiger partial charge in [-0.15, -0.1) is 0 Å². The average Bonchev–Trinajstić information content (AvgIpc) is 3.04. The second-order valence-corrected chi connectivity index (χ2v) is 9.10. The van der Waals surface area contributed by atoms with Gasteiger partial charge in [0.1, 0.15) is 0 Å². The topological polar surface area (TPSA) is 57.9 Å². The number of benzene rings is 1. The van der Waals surface area contributed by atoms with E-state index >= 15 is 0 Å². The van der Waals surface area contributed by atoms with Crippen LogP contribution in [-0.2, 0) is 22.3 Å². The Morgan fingerprint density at radius 3 is 2.56 bits per heavy atom. The lowest BCUT2D eigenvalue weighted by Crippen LogP contribution is -2.48. The van der Waals surface area contributed by atoms with Crippen LogP contribution in [0.4, 0.5) is 0 Å². The van der Waals surface area contributed by atoms with Crippen molar-refractivity contribution in [1.82, 2.24) is 18.8 Å². The van der Waals surface area contributed by atoms with Gasteiger partial charge in [-0.05, 0) is 30.7 Å². The van der Waals surface area contributed by atoms with Crippen molar-refractivity contribution in [2.45, 2.75) is 19.2 Å². The summed E-state index contributed by atoms with van der Waals surface area (Å²) >= 11 is 0. The first-order valence-electron chi connectivity index (χ1n) is 9.19. The van der Waals surface area contributed by atoms with Crippen LogP contribution in [0.1, 0.15) is 16.8 Å². The predicted molar refractivity (Wildman–Crippen MR) is 106 cm³/mol. The molecule has 0 spiro atoms. The smallest absolute Gasteiger partial charge is 0.218 e. The molecule has 7 heteroatoms. The van der Waals surface area contributed by atoms with Gasteiger partial charge in [0.15, 0.2) is 0 Å². The maximum absolute atomic E-state index is 12.7. The summed E-state index contributed by atoms with van der Waals surface area (Å²) in [6.45, 7) is 5.23. The molecule has 0 unspecified atom stereocenters. The highest BCUT2D eigenvalue weighted by Crippen LogP contribution is 2.16. The summed E-state index contributed by atoms with van der Waals surface area (Å²) in [7, 11) is -3.28. The van der Waals surface area contributed by atoms with Crippen molar-refractivity contribution in [1.29, 1.82) is 0 Å². The number of fused-ring (bicyclic) bond motifs is 1. The molecule has 1 aliphatic rings. The molecule has 1 aromatic carbocycles. The largest absolute Gasteiger partial charge is 0.295 e. The van der Waals surface area contributed by atoms with Gasteiger partial charge in [-0.2, -0.15) is 9.40 Å². The van der Waals surface area contributed by atoms with Crippen LogP contribution in [0.2, 0.25) is 0 Å². The van der Waals surface area contributed by atoms with Crippen molar-refractivity contribution in [2.24, 2.45) is 0 Å². The molecule has 0 amide bonds. The predicted octanol–water partition coefficient (Wildman–Crippen LogP) is 2.29. The van der Waals surface area contributed by atoms with E-state index in [2.05, 4.69) is 16.1 Å². The summed E-state index contributed by atoms with van der Waals surface area (Å²) in [6.07, 6.45) is 1.94. The molecule has 0 radical (unpaired) electrons. The quantitative estimate of drug-likeness (QED) is 0.677. The van der Waals surface area contributed by atoms with Crippen LogP contribution < -0.4 is 0 Å². The molecule has 0 N–H and O–H groups in total. The van der Waals surface area contributed by atoms with Crippen LogP contribution in [0, 0.1) is 6.92 Å². The fraction of sp³-hybridized carbons (Fsp3) is 0.350. The van der Waals surface area contributed by atoms with E-state index in [9.17, 15) is 8.42 Å². The van der Waals surface area contributed by atoms with Crippen molar-refractivity contribution < 1.29 is 8.42 Å². The van der Waals surface area contributed by atoms with E-state index in [1.165, 1.54) is 0 Å². The standard InChI is InChI=1S/C20H24N4O2S/c1-17-5-4-6-18(13-17)16-27(25,26)23-11-9-22(10-12-23)15-19-14-20-7-2-3-8-24(20)21-19/h2-8,13-14H,9-12,15-16H2,1H3. The second-order valence-electron chi connectivity index (χ2n) is 7.13. The van der Waals surface area contributed by atoms with Gasteiger partial charge in [0, 0.05) is 38.9 Å². The third-order valence-corrected chi connectivity index (χ3v) is 6.81. The van der Waals surface area contributed by atoms with E-state index in [4.69, 9.17) is 0 Å². The molecule has 4 rings (SSSR count). The molecule has 1 saturated heterocycles. The molecule has 0 aliphatic carbocycles. The van der Waals surface area contributed by atoms with E-state index in [0.29, 0.717) is 13.1 Å². The SMILES string of the molecule is Cc1cccc(CS(=O)(=O)N2CCN(Cc3cc4ccccn4n3)CC2)c1. The monoisotopic (exact) mass is 384 g/mol. The molecule has 1 fully saturated rings. The molecule has 0 bridgehead atoms. The Kier molecular flexibility index (Phi) is 4.99. The summed E-state index contributed by atoms with van der Waals surface area (Å²) in [5.74, 6) is 0.0706. The third-order valence-electron chi connectivity index (χ3n) is 4.96. The lowest BCUT2D eigenvalue weighted by molar-refractivity contribution is 0.179. The average molecular weight is 385 g/mol. The highest BCUT2D eigenvalue weighted by molar-refractivity contribution is 7.88. The number of rotatable bonds is 5. The van der Waals surface area contributed by atoms with Crippen LogP contribution in [0.3, 0.4) is 0 Å². The highest BCUT2D eigenvalue weighted by atomic mass is 32.2. The molecule has 3 heterocycles. The Hall–Kier alpha value is -2.22. The van der Waals surface area contributed by atoms with Gasteiger partial charge in [-0.25, -0.2) is 12.9 Å². The Morgan fingerprint density at radius 1 is 1.00 bits per heavy atom. The molecular formula is C20H24N4O2S. The Balaban J connectivity index is 1.36. The molecule has 0 saturated carbocycles. The van der Waals surface area contributed by atoms with E-state index in [1.807, 2.05) is 60.1 Å². The minimum atomic E-state index is -3.28. The number of nitrogens with zero attached hydrogens (tertiary/aromatic N) is 4. The molecule has 0 atom stereocenters. The van der Waals surface area contributed by atoms with Gasteiger partial charge in [-0.3, -0.25) is 4.90 Å². The number of hydrogen-bond acceptors (Lipinski definition) is 4. The summed E-state index contributed by atoms with van der Waals surface area (Å²) < 4.78 is 29.0. The maximum Gasteiger partial charge on any atom is 0.218 e. The van der Waals surface area contributed by atoms with Crippen LogP contribution in [-0.4, -0.2) is 53.4 Å². The molecule has 1 aliphatic heterocycles. The van der Waals surface area contributed by atoms with Crippen molar-refractivity contribution in [3.63, 3.8) is 0 Å². The molecule has 2 aromatic heterocycles. The Morgan fingerprint density at radius 2 is 1.81 bits per heavy atom. The Bertz CT molecular complexity index is 1000. The first-order chi connectivity index (χ1) is 13.0. The second kappa shape index (κ2) is 7.42. The Labute approximate surface area is 160 Å². The minimum absolute atomic E-state index is 0.0706. The zero-order valence-corrected chi connectivity index (χ0v) is 16.3. The lowest BCUT2D eigenvalue weighted by Gasteiger charge is -2.33. The van der Waals surface area contributed by atoms with Gasteiger partial charge in [0.05, 0.1) is 17.0 Å². The first kappa shape index (κ1) is 18.2. The van der Waals surface area contributed by atoms with Gasteiger partial charge in [-0.1, -0.05) is 35.9 Å². The maximum atomic E-state index is 12.7. The van der Waals surface area contributed by atoms with Crippen molar-refractivity contribution >= 4 is 15.5 Å². The summed E-state index contributed by atoms with van der Waals surface area (Å²) in [5, 5.41) is 4.58. The zero-order valence-electron chi connectivity index (χ0n) is 15.5.